The van der Waals surface area contributed by atoms with E-state index < -0.39 is 11.9 Å². The van der Waals surface area contributed by atoms with Crippen LogP contribution in [0.5, 0.6) is 0 Å². The minimum absolute atomic E-state index is 0.0884. The molecule has 0 spiro atoms. The summed E-state index contributed by atoms with van der Waals surface area (Å²) in [6.07, 6.45) is 1.28. The third-order valence-electron chi connectivity index (χ3n) is 2.28. The summed E-state index contributed by atoms with van der Waals surface area (Å²) in [5, 5.41) is 8.87. The number of hydrogen-bond donors (Lipinski definition) is 2. The Balaban J connectivity index is 2.63. The standard InChI is InChI=1S/C11H17N3O4/c1-7(2)18-5-4-14(3)10(15)8-9(11(16)17)13-6-12-8/h6-7H,4-5H2,1-3H3,(H,12,13)(H,16,17). The van der Waals surface area contributed by atoms with Crippen molar-refractivity contribution in [1.82, 2.24) is 14.9 Å². The average molecular weight is 255 g/mol. The van der Waals surface area contributed by atoms with Gasteiger partial charge in [-0.3, -0.25) is 4.79 Å². The molecule has 1 heterocycles. The van der Waals surface area contributed by atoms with Crippen molar-refractivity contribution in [2.45, 2.75) is 20.0 Å². The monoisotopic (exact) mass is 255 g/mol. The summed E-state index contributed by atoms with van der Waals surface area (Å²) in [4.78, 5) is 30.3. The van der Waals surface area contributed by atoms with Crippen LogP contribution in [0.4, 0.5) is 0 Å². The Morgan fingerprint density at radius 1 is 1.56 bits per heavy atom. The molecule has 0 bridgehead atoms. The molecule has 0 aliphatic heterocycles. The Labute approximate surface area is 105 Å². The fraction of sp³-hybridized carbons (Fsp3) is 0.545. The van der Waals surface area contributed by atoms with Gasteiger partial charge in [0.1, 0.15) is 0 Å². The first-order valence-electron chi connectivity index (χ1n) is 5.57. The summed E-state index contributed by atoms with van der Waals surface area (Å²) in [5.74, 6) is -1.65. The van der Waals surface area contributed by atoms with E-state index in [0.29, 0.717) is 13.2 Å². The number of carboxylic acids is 1. The van der Waals surface area contributed by atoms with E-state index in [9.17, 15) is 9.59 Å². The van der Waals surface area contributed by atoms with Gasteiger partial charge in [0.25, 0.3) is 5.91 Å². The number of aromatic carboxylic acids is 1. The lowest BCUT2D eigenvalue weighted by Crippen LogP contribution is -2.32. The van der Waals surface area contributed by atoms with E-state index in [1.165, 1.54) is 11.2 Å². The van der Waals surface area contributed by atoms with Crippen LogP contribution in [0.15, 0.2) is 6.33 Å². The highest BCUT2D eigenvalue weighted by atomic mass is 16.5. The maximum absolute atomic E-state index is 11.9. The minimum Gasteiger partial charge on any atom is -0.477 e. The van der Waals surface area contributed by atoms with Gasteiger partial charge in [-0.15, -0.1) is 0 Å². The second-order valence-corrected chi connectivity index (χ2v) is 4.08. The summed E-state index contributed by atoms with van der Waals surface area (Å²) in [6.45, 7) is 4.58. The zero-order valence-electron chi connectivity index (χ0n) is 10.6. The van der Waals surface area contributed by atoms with Crippen LogP contribution in [0.25, 0.3) is 0 Å². The van der Waals surface area contributed by atoms with Gasteiger partial charge in [-0.25, -0.2) is 9.78 Å². The van der Waals surface area contributed by atoms with Crippen molar-refractivity contribution in [1.29, 1.82) is 0 Å². The number of likely N-dealkylation sites (N-methyl/N-ethyl adjacent to an activating group) is 1. The second-order valence-electron chi connectivity index (χ2n) is 4.08. The molecule has 0 aliphatic rings. The van der Waals surface area contributed by atoms with E-state index in [4.69, 9.17) is 9.84 Å². The van der Waals surface area contributed by atoms with Crippen LogP contribution in [-0.2, 0) is 4.74 Å². The predicted octanol–water partition coefficient (Wildman–Crippen LogP) is 0.605. The highest BCUT2D eigenvalue weighted by molar-refractivity contribution is 6.02. The molecule has 18 heavy (non-hydrogen) atoms. The topological polar surface area (TPSA) is 95.5 Å². The molecule has 7 nitrogen and oxygen atoms in total. The van der Waals surface area contributed by atoms with Gasteiger partial charge in [-0.2, -0.15) is 0 Å². The van der Waals surface area contributed by atoms with E-state index >= 15 is 0 Å². The van der Waals surface area contributed by atoms with Gasteiger partial charge in [0.05, 0.1) is 19.0 Å². The van der Waals surface area contributed by atoms with Gasteiger partial charge >= 0.3 is 5.97 Å². The molecule has 0 atom stereocenters. The third-order valence-corrected chi connectivity index (χ3v) is 2.28. The lowest BCUT2D eigenvalue weighted by Gasteiger charge is -2.17. The van der Waals surface area contributed by atoms with Gasteiger partial charge < -0.3 is 19.7 Å². The number of aromatic nitrogens is 2. The van der Waals surface area contributed by atoms with Crippen LogP contribution in [0.1, 0.15) is 34.8 Å². The second kappa shape index (κ2) is 6.15. The van der Waals surface area contributed by atoms with Gasteiger partial charge in [-0.05, 0) is 13.8 Å². The first-order chi connectivity index (χ1) is 8.43. The molecule has 1 aromatic heterocycles. The SMILES string of the molecule is CC(C)OCCN(C)C(=O)c1nc[nH]c1C(=O)O. The fourth-order valence-electron chi connectivity index (χ4n) is 1.33. The summed E-state index contributed by atoms with van der Waals surface area (Å²) in [5.41, 5.74) is -0.286. The molecule has 0 saturated heterocycles. The number of carboxylic acid groups (broad SMARTS) is 1. The Bertz CT molecular complexity index is 428. The maximum Gasteiger partial charge on any atom is 0.354 e. The molecule has 0 aliphatic carbocycles. The van der Waals surface area contributed by atoms with E-state index in [-0.39, 0.29) is 17.5 Å². The normalized spacial score (nSPS) is 10.7. The predicted molar refractivity (Wildman–Crippen MR) is 63.6 cm³/mol. The van der Waals surface area contributed by atoms with E-state index in [1.54, 1.807) is 7.05 Å². The van der Waals surface area contributed by atoms with Crippen molar-refractivity contribution < 1.29 is 19.4 Å². The molecule has 1 amide bonds. The lowest BCUT2D eigenvalue weighted by molar-refractivity contribution is 0.0524. The number of nitrogens with one attached hydrogen (secondary N) is 1. The number of rotatable bonds is 6. The molecule has 100 valence electrons. The molecule has 1 rings (SSSR count). The first-order valence-corrected chi connectivity index (χ1v) is 5.57. The molecular formula is C11H17N3O4. The van der Waals surface area contributed by atoms with Crippen molar-refractivity contribution in [3.8, 4) is 0 Å². The van der Waals surface area contributed by atoms with Gasteiger partial charge in [0.15, 0.2) is 11.4 Å². The summed E-state index contributed by atoms with van der Waals surface area (Å²) in [7, 11) is 1.58. The van der Waals surface area contributed by atoms with Gasteiger partial charge in [0.2, 0.25) is 0 Å². The molecule has 0 radical (unpaired) electrons. The van der Waals surface area contributed by atoms with Gasteiger partial charge in [0, 0.05) is 13.6 Å². The fourth-order valence-corrected chi connectivity index (χ4v) is 1.33. The molecule has 0 aromatic carbocycles. The number of amides is 1. The molecule has 2 N–H and O–H groups in total. The number of imidazole rings is 1. The van der Waals surface area contributed by atoms with Crippen LogP contribution in [0, 0.1) is 0 Å². The Hall–Kier alpha value is -1.89. The quantitative estimate of drug-likeness (QED) is 0.776. The number of nitrogens with zero attached hydrogens (tertiary/aromatic N) is 2. The number of hydrogen-bond acceptors (Lipinski definition) is 4. The summed E-state index contributed by atoms with van der Waals surface area (Å²) >= 11 is 0. The third kappa shape index (κ3) is 3.56. The Kier molecular flexibility index (Phi) is 4.85. The smallest absolute Gasteiger partial charge is 0.354 e. The van der Waals surface area contributed by atoms with Crippen LogP contribution in [0.2, 0.25) is 0 Å². The van der Waals surface area contributed by atoms with Crippen LogP contribution in [0.3, 0.4) is 0 Å². The van der Waals surface area contributed by atoms with E-state index in [0.717, 1.165) is 0 Å². The lowest BCUT2D eigenvalue weighted by atomic mass is 10.3. The van der Waals surface area contributed by atoms with Crippen molar-refractivity contribution in [3.05, 3.63) is 17.7 Å². The van der Waals surface area contributed by atoms with Gasteiger partial charge in [-0.1, -0.05) is 0 Å². The zero-order chi connectivity index (χ0) is 13.7. The van der Waals surface area contributed by atoms with Crippen LogP contribution < -0.4 is 0 Å². The number of carbonyl (C=O) groups excluding carboxylic acids is 1. The number of ether oxygens (including phenoxy) is 1. The Morgan fingerprint density at radius 3 is 2.78 bits per heavy atom. The maximum atomic E-state index is 11.9. The number of aromatic amines is 1. The molecule has 0 unspecified atom stereocenters. The van der Waals surface area contributed by atoms with Crippen molar-refractivity contribution >= 4 is 11.9 Å². The van der Waals surface area contributed by atoms with Crippen LogP contribution >= 0.6 is 0 Å². The largest absolute Gasteiger partial charge is 0.477 e. The summed E-state index contributed by atoms with van der Waals surface area (Å²) in [6, 6.07) is 0. The molecule has 1 aromatic rings. The summed E-state index contributed by atoms with van der Waals surface area (Å²) < 4.78 is 5.32. The zero-order valence-corrected chi connectivity index (χ0v) is 10.6. The van der Waals surface area contributed by atoms with E-state index in [1.807, 2.05) is 13.8 Å². The highest BCUT2D eigenvalue weighted by Crippen LogP contribution is 2.06. The van der Waals surface area contributed by atoms with E-state index in [2.05, 4.69) is 9.97 Å². The average Bonchev–Trinajstić information content (AvgIpc) is 2.76. The molecular weight excluding hydrogens is 238 g/mol. The Morgan fingerprint density at radius 2 is 2.22 bits per heavy atom. The highest BCUT2D eigenvalue weighted by Gasteiger charge is 2.22. The molecule has 0 fully saturated rings. The molecule has 0 saturated carbocycles. The minimum atomic E-state index is -1.21. The number of carbonyl (C=O) groups is 2. The first kappa shape index (κ1) is 14.2. The van der Waals surface area contributed by atoms with Crippen molar-refractivity contribution in [2.24, 2.45) is 0 Å². The van der Waals surface area contributed by atoms with Crippen LogP contribution in [-0.4, -0.2) is 58.2 Å². The van der Waals surface area contributed by atoms with Crippen molar-refractivity contribution in [2.75, 3.05) is 20.2 Å². The number of H-pyrrole nitrogens is 1. The molecule has 7 heteroatoms. The van der Waals surface area contributed by atoms with Crippen molar-refractivity contribution in [3.63, 3.8) is 0 Å².